The molecule has 0 aromatic heterocycles. The van der Waals surface area contributed by atoms with Crippen molar-refractivity contribution in [3.8, 4) is 0 Å². The number of ether oxygens (including phenoxy) is 1. The average Bonchev–Trinajstić information content (AvgIpc) is 2.57. The molecule has 0 aliphatic carbocycles. The summed E-state index contributed by atoms with van der Waals surface area (Å²) in [6, 6.07) is 9.83. The van der Waals surface area contributed by atoms with Gasteiger partial charge in [0.25, 0.3) is 0 Å². The third-order valence-corrected chi connectivity index (χ3v) is 9.84. The molecule has 0 aliphatic rings. The van der Waals surface area contributed by atoms with Gasteiger partial charge in [0, 0.05) is 6.61 Å². The van der Waals surface area contributed by atoms with Crippen LogP contribution in [0.15, 0.2) is 30.3 Å². The number of rotatable bonds is 11. The summed E-state index contributed by atoms with van der Waals surface area (Å²) in [5, 5.41) is 20.4. The zero-order valence-corrected chi connectivity index (χ0v) is 18.4. The van der Waals surface area contributed by atoms with Gasteiger partial charge in [-0.05, 0) is 42.5 Å². The molecule has 1 aromatic carbocycles. The molecule has 0 saturated heterocycles. The van der Waals surface area contributed by atoms with E-state index in [9.17, 15) is 10.2 Å². The molecule has 4 nitrogen and oxygen atoms in total. The highest BCUT2D eigenvalue weighted by Crippen LogP contribution is 2.36. The van der Waals surface area contributed by atoms with Crippen molar-refractivity contribution in [3.63, 3.8) is 0 Å². The Morgan fingerprint density at radius 2 is 1.58 bits per heavy atom. The molecule has 0 radical (unpaired) electrons. The first kappa shape index (κ1) is 23.3. The van der Waals surface area contributed by atoms with Gasteiger partial charge in [0.1, 0.15) is 6.10 Å². The van der Waals surface area contributed by atoms with Gasteiger partial charge in [-0.25, -0.2) is 0 Å². The maximum Gasteiger partial charge on any atom is 0.191 e. The molecule has 0 saturated carbocycles. The second-order valence-electron chi connectivity index (χ2n) is 8.89. The molecule has 0 aliphatic heterocycles. The molecular weight excluding hydrogens is 344 g/mol. The van der Waals surface area contributed by atoms with Crippen molar-refractivity contribution in [2.75, 3.05) is 13.2 Å². The van der Waals surface area contributed by atoms with E-state index in [4.69, 9.17) is 9.16 Å². The van der Waals surface area contributed by atoms with Crippen molar-refractivity contribution < 1.29 is 19.4 Å². The summed E-state index contributed by atoms with van der Waals surface area (Å²) in [6.07, 6.45) is -0.239. The van der Waals surface area contributed by atoms with Gasteiger partial charge in [-0.3, -0.25) is 0 Å². The van der Waals surface area contributed by atoms with Crippen LogP contribution in [0.25, 0.3) is 0 Å². The summed E-state index contributed by atoms with van der Waals surface area (Å²) in [7, 11) is -1.73. The normalized spacial score (nSPS) is 16.3. The van der Waals surface area contributed by atoms with Crippen LogP contribution >= 0.6 is 0 Å². The van der Waals surface area contributed by atoms with E-state index < -0.39 is 20.5 Å². The Bertz CT molecular complexity index is 498. The van der Waals surface area contributed by atoms with Crippen LogP contribution in [-0.2, 0) is 15.8 Å². The molecule has 150 valence electrons. The molecule has 1 aromatic rings. The molecule has 2 N–H and O–H groups in total. The third-order valence-electron chi connectivity index (χ3n) is 5.33. The lowest BCUT2D eigenvalue weighted by atomic mass is 10.0. The Morgan fingerprint density at radius 3 is 2.15 bits per heavy atom. The zero-order valence-electron chi connectivity index (χ0n) is 17.4. The number of hydrogen-bond donors (Lipinski definition) is 2. The van der Waals surface area contributed by atoms with Gasteiger partial charge in [0.15, 0.2) is 8.32 Å². The van der Waals surface area contributed by atoms with Crippen molar-refractivity contribution >= 4 is 8.32 Å². The van der Waals surface area contributed by atoms with Gasteiger partial charge >= 0.3 is 0 Å². The summed E-state index contributed by atoms with van der Waals surface area (Å²) in [5.74, 6) is 0.358. The van der Waals surface area contributed by atoms with Crippen molar-refractivity contribution in [2.24, 2.45) is 5.92 Å². The lowest BCUT2D eigenvalue weighted by Gasteiger charge is -2.37. The predicted molar refractivity (Wildman–Crippen MR) is 110 cm³/mol. The molecule has 3 unspecified atom stereocenters. The lowest BCUT2D eigenvalue weighted by Crippen LogP contribution is -2.41. The van der Waals surface area contributed by atoms with Crippen LogP contribution in [0.5, 0.6) is 0 Å². The maximum absolute atomic E-state index is 10.2. The number of aliphatic hydroxyl groups is 2. The van der Waals surface area contributed by atoms with Crippen LogP contribution in [0, 0.1) is 5.92 Å². The van der Waals surface area contributed by atoms with Crippen LogP contribution in [-0.4, -0.2) is 44.0 Å². The summed E-state index contributed by atoms with van der Waals surface area (Å²) in [4.78, 5) is 0. The van der Waals surface area contributed by atoms with E-state index in [0.717, 1.165) is 12.0 Å². The molecular formula is C21H38O4Si. The minimum Gasteiger partial charge on any atom is -0.417 e. The van der Waals surface area contributed by atoms with E-state index in [-0.39, 0.29) is 11.6 Å². The molecule has 0 bridgehead atoms. The second kappa shape index (κ2) is 10.6. The van der Waals surface area contributed by atoms with Crippen molar-refractivity contribution in [2.45, 2.75) is 77.5 Å². The molecule has 0 fully saturated rings. The Balaban J connectivity index is 2.24. The Morgan fingerprint density at radius 1 is 0.962 bits per heavy atom. The van der Waals surface area contributed by atoms with E-state index in [2.05, 4.69) is 40.8 Å². The highest BCUT2D eigenvalue weighted by Gasteiger charge is 2.37. The van der Waals surface area contributed by atoms with Crippen LogP contribution in [0.4, 0.5) is 0 Å². The fourth-order valence-corrected chi connectivity index (χ4v) is 3.42. The maximum atomic E-state index is 10.2. The molecule has 0 spiro atoms. The molecule has 0 amide bonds. The Hall–Kier alpha value is -0.723. The number of aliphatic hydroxyl groups excluding tert-OH is 2. The average molecular weight is 383 g/mol. The molecule has 5 heteroatoms. The van der Waals surface area contributed by atoms with Gasteiger partial charge in [0.2, 0.25) is 0 Å². The number of benzene rings is 1. The smallest absolute Gasteiger partial charge is 0.191 e. The molecule has 0 heterocycles. The molecule has 26 heavy (non-hydrogen) atoms. The van der Waals surface area contributed by atoms with Crippen LogP contribution < -0.4 is 0 Å². The Kier molecular flexibility index (Phi) is 9.48. The van der Waals surface area contributed by atoms with E-state index in [1.807, 2.05) is 30.3 Å². The van der Waals surface area contributed by atoms with Gasteiger partial charge in [-0.1, -0.05) is 58.0 Å². The van der Waals surface area contributed by atoms with Crippen molar-refractivity contribution in [3.05, 3.63) is 35.9 Å². The summed E-state index contributed by atoms with van der Waals surface area (Å²) in [5.41, 5.74) is 1.06. The molecule has 3 atom stereocenters. The number of hydrogen-bond acceptors (Lipinski definition) is 4. The monoisotopic (exact) mass is 382 g/mol. The minimum absolute atomic E-state index is 0.144. The SMILES string of the molecule is CC(CCC(O)C(O)COCc1ccccc1)CO[Si](C)(C)C(C)(C)C. The first-order valence-corrected chi connectivity index (χ1v) is 12.6. The first-order chi connectivity index (χ1) is 12.0. The van der Waals surface area contributed by atoms with Gasteiger partial charge < -0.3 is 19.4 Å². The van der Waals surface area contributed by atoms with Crippen molar-refractivity contribution in [1.82, 2.24) is 0 Å². The van der Waals surface area contributed by atoms with Gasteiger partial charge in [-0.15, -0.1) is 0 Å². The van der Waals surface area contributed by atoms with E-state index in [0.29, 0.717) is 25.6 Å². The quantitative estimate of drug-likeness (QED) is 0.558. The highest BCUT2D eigenvalue weighted by atomic mass is 28.4. The topological polar surface area (TPSA) is 58.9 Å². The van der Waals surface area contributed by atoms with Crippen LogP contribution in [0.2, 0.25) is 18.1 Å². The standard InChI is InChI=1S/C21H38O4Si/c1-17(14-25-26(5,6)21(2,3)4)12-13-19(22)20(23)16-24-15-18-10-8-7-9-11-18/h7-11,17,19-20,22-23H,12-16H2,1-6H3. The van der Waals surface area contributed by atoms with E-state index in [1.165, 1.54) is 0 Å². The van der Waals surface area contributed by atoms with E-state index in [1.54, 1.807) is 0 Å². The summed E-state index contributed by atoms with van der Waals surface area (Å²) >= 11 is 0. The van der Waals surface area contributed by atoms with Crippen LogP contribution in [0.3, 0.4) is 0 Å². The minimum atomic E-state index is -1.73. The second-order valence-corrected chi connectivity index (χ2v) is 13.7. The van der Waals surface area contributed by atoms with Crippen molar-refractivity contribution in [1.29, 1.82) is 0 Å². The van der Waals surface area contributed by atoms with Gasteiger partial charge in [0.05, 0.1) is 19.3 Å². The fraction of sp³-hybridized carbons (Fsp3) is 0.714. The van der Waals surface area contributed by atoms with Gasteiger partial charge in [-0.2, -0.15) is 0 Å². The fourth-order valence-electron chi connectivity index (χ4n) is 2.28. The highest BCUT2D eigenvalue weighted by molar-refractivity contribution is 6.74. The lowest BCUT2D eigenvalue weighted by molar-refractivity contribution is -0.0467. The van der Waals surface area contributed by atoms with Crippen LogP contribution in [0.1, 0.15) is 46.1 Å². The first-order valence-electron chi connectivity index (χ1n) is 9.64. The summed E-state index contributed by atoms with van der Waals surface area (Å²) < 4.78 is 11.7. The zero-order chi connectivity index (χ0) is 19.8. The largest absolute Gasteiger partial charge is 0.417 e. The van der Waals surface area contributed by atoms with E-state index >= 15 is 0 Å². The third kappa shape index (κ3) is 8.31. The predicted octanol–water partition coefficient (Wildman–Crippen LogP) is 4.36. The molecule has 1 rings (SSSR count). The summed E-state index contributed by atoms with van der Waals surface area (Å²) in [6.45, 7) is 14.7. The Labute approximate surface area is 160 Å².